The molecule has 0 aromatic heterocycles. The Hall–Kier alpha value is -1.13. The minimum absolute atomic E-state index is 0.0472. The molecule has 2 N–H and O–H groups in total. The molecular formula is C15H25FN2O. The second kappa shape index (κ2) is 8.12. The van der Waals surface area contributed by atoms with Gasteiger partial charge in [0.2, 0.25) is 0 Å². The number of benzene rings is 1. The van der Waals surface area contributed by atoms with E-state index in [2.05, 4.69) is 4.90 Å². The molecule has 0 saturated heterocycles. The monoisotopic (exact) mass is 268 g/mol. The van der Waals surface area contributed by atoms with Crippen molar-refractivity contribution in [2.24, 2.45) is 5.73 Å². The normalized spacial score (nSPS) is 12.7. The Morgan fingerprint density at radius 2 is 2.11 bits per heavy atom. The topological polar surface area (TPSA) is 38.5 Å². The summed E-state index contributed by atoms with van der Waals surface area (Å²) in [5.74, 6) is 0.517. The SMILES string of the molecule is CCC(N)Cc1cc(F)ccc1OCCCN(C)C. The van der Waals surface area contributed by atoms with E-state index in [0.29, 0.717) is 13.0 Å². The van der Waals surface area contributed by atoms with Gasteiger partial charge in [-0.05, 0) is 57.1 Å². The van der Waals surface area contributed by atoms with Crippen LogP contribution in [0.25, 0.3) is 0 Å². The van der Waals surface area contributed by atoms with E-state index in [-0.39, 0.29) is 11.9 Å². The molecule has 1 aromatic rings. The van der Waals surface area contributed by atoms with E-state index < -0.39 is 0 Å². The van der Waals surface area contributed by atoms with Gasteiger partial charge in [0.25, 0.3) is 0 Å². The maximum absolute atomic E-state index is 13.3. The average Bonchev–Trinajstić information content (AvgIpc) is 2.36. The van der Waals surface area contributed by atoms with Crippen LogP contribution in [0.4, 0.5) is 4.39 Å². The van der Waals surface area contributed by atoms with Crippen molar-refractivity contribution in [1.82, 2.24) is 4.90 Å². The molecule has 1 rings (SSSR count). The average molecular weight is 268 g/mol. The summed E-state index contributed by atoms with van der Waals surface area (Å²) >= 11 is 0. The molecule has 0 aliphatic carbocycles. The molecular weight excluding hydrogens is 243 g/mol. The number of hydrogen-bond acceptors (Lipinski definition) is 3. The fraction of sp³-hybridized carbons (Fsp3) is 0.600. The van der Waals surface area contributed by atoms with Crippen LogP contribution >= 0.6 is 0 Å². The van der Waals surface area contributed by atoms with Gasteiger partial charge in [-0.1, -0.05) is 6.92 Å². The maximum Gasteiger partial charge on any atom is 0.123 e. The number of ether oxygens (including phenoxy) is 1. The van der Waals surface area contributed by atoms with E-state index in [1.54, 1.807) is 6.07 Å². The third-order valence-corrected chi connectivity index (χ3v) is 3.04. The highest BCUT2D eigenvalue weighted by Crippen LogP contribution is 2.21. The Balaban J connectivity index is 2.60. The molecule has 0 spiro atoms. The van der Waals surface area contributed by atoms with Gasteiger partial charge < -0.3 is 15.4 Å². The van der Waals surface area contributed by atoms with Crippen LogP contribution in [0.15, 0.2) is 18.2 Å². The lowest BCUT2D eigenvalue weighted by atomic mass is 10.0. The van der Waals surface area contributed by atoms with E-state index in [4.69, 9.17) is 10.5 Å². The van der Waals surface area contributed by atoms with Crippen molar-refractivity contribution in [1.29, 1.82) is 0 Å². The molecule has 0 amide bonds. The Morgan fingerprint density at radius 3 is 2.74 bits per heavy atom. The molecule has 0 aliphatic heterocycles. The Kier molecular flexibility index (Phi) is 6.81. The molecule has 0 aliphatic rings. The summed E-state index contributed by atoms with van der Waals surface area (Å²) in [6, 6.07) is 4.70. The molecule has 4 heteroatoms. The molecule has 0 bridgehead atoms. The number of halogens is 1. The highest BCUT2D eigenvalue weighted by Gasteiger charge is 2.09. The zero-order chi connectivity index (χ0) is 14.3. The van der Waals surface area contributed by atoms with Crippen LogP contribution in [0.1, 0.15) is 25.3 Å². The van der Waals surface area contributed by atoms with E-state index >= 15 is 0 Å². The predicted molar refractivity (Wildman–Crippen MR) is 77.0 cm³/mol. The van der Waals surface area contributed by atoms with Gasteiger partial charge in [-0.3, -0.25) is 0 Å². The van der Waals surface area contributed by atoms with Crippen molar-refractivity contribution >= 4 is 0 Å². The highest BCUT2D eigenvalue weighted by atomic mass is 19.1. The van der Waals surface area contributed by atoms with Crippen molar-refractivity contribution in [3.63, 3.8) is 0 Å². The molecule has 0 heterocycles. The second-order valence-corrected chi connectivity index (χ2v) is 5.13. The lowest BCUT2D eigenvalue weighted by Crippen LogP contribution is -2.22. The summed E-state index contributed by atoms with van der Waals surface area (Å²) in [5, 5.41) is 0. The fourth-order valence-electron chi connectivity index (χ4n) is 1.84. The quantitative estimate of drug-likeness (QED) is 0.736. The molecule has 19 heavy (non-hydrogen) atoms. The van der Waals surface area contributed by atoms with Crippen molar-refractivity contribution in [2.45, 2.75) is 32.2 Å². The van der Waals surface area contributed by atoms with Crippen molar-refractivity contribution in [3.05, 3.63) is 29.6 Å². The minimum atomic E-state index is -0.237. The molecule has 108 valence electrons. The van der Waals surface area contributed by atoms with Gasteiger partial charge in [0.1, 0.15) is 11.6 Å². The molecule has 1 unspecified atom stereocenters. The lowest BCUT2D eigenvalue weighted by molar-refractivity contribution is 0.278. The van der Waals surface area contributed by atoms with Crippen LogP contribution < -0.4 is 10.5 Å². The standard InChI is InChI=1S/C15H25FN2O/c1-4-14(17)11-12-10-13(16)6-7-15(12)19-9-5-8-18(2)3/h6-7,10,14H,4-5,8-9,11,17H2,1-3H3. The van der Waals surface area contributed by atoms with Crippen LogP contribution in [0.5, 0.6) is 5.75 Å². The minimum Gasteiger partial charge on any atom is -0.493 e. The van der Waals surface area contributed by atoms with Crippen molar-refractivity contribution in [3.8, 4) is 5.75 Å². The van der Waals surface area contributed by atoms with Crippen molar-refractivity contribution in [2.75, 3.05) is 27.2 Å². The predicted octanol–water partition coefficient (Wildman–Crippen LogP) is 2.44. The van der Waals surface area contributed by atoms with Gasteiger partial charge in [0.05, 0.1) is 6.61 Å². The van der Waals surface area contributed by atoms with Crippen LogP contribution in [0.3, 0.4) is 0 Å². The van der Waals surface area contributed by atoms with Gasteiger partial charge >= 0.3 is 0 Å². The molecule has 3 nitrogen and oxygen atoms in total. The van der Waals surface area contributed by atoms with Gasteiger partial charge in [-0.15, -0.1) is 0 Å². The van der Waals surface area contributed by atoms with E-state index in [0.717, 1.165) is 30.7 Å². The summed E-state index contributed by atoms with van der Waals surface area (Å²) in [7, 11) is 4.06. The smallest absolute Gasteiger partial charge is 0.123 e. The first-order valence-electron chi connectivity index (χ1n) is 6.84. The number of nitrogens with zero attached hydrogens (tertiary/aromatic N) is 1. The number of rotatable bonds is 8. The number of nitrogens with two attached hydrogens (primary N) is 1. The summed E-state index contributed by atoms with van der Waals surface area (Å²) in [6.07, 6.45) is 2.47. The van der Waals surface area contributed by atoms with E-state index in [9.17, 15) is 4.39 Å². The Bertz CT molecular complexity index is 382. The van der Waals surface area contributed by atoms with E-state index in [1.807, 2.05) is 21.0 Å². The van der Waals surface area contributed by atoms with Crippen LogP contribution in [-0.2, 0) is 6.42 Å². The zero-order valence-electron chi connectivity index (χ0n) is 12.2. The largest absolute Gasteiger partial charge is 0.493 e. The maximum atomic E-state index is 13.3. The van der Waals surface area contributed by atoms with Crippen molar-refractivity contribution < 1.29 is 9.13 Å². The number of hydrogen-bond donors (Lipinski definition) is 1. The van der Waals surface area contributed by atoms with Gasteiger partial charge in [-0.25, -0.2) is 4.39 Å². The first-order valence-corrected chi connectivity index (χ1v) is 6.84. The lowest BCUT2D eigenvalue weighted by Gasteiger charge is -2.15. The molecule has 1 atom stereocenters. The second-order valence-electron chi connectivity index (χ2n) is 5.13. The van der Waals surface area contributed by atoms with Crippen LogP contribution in [-0.4, -0.2) is 38.2 Å². The Morgan fingerprint density at radius 1 is 1.37 bits per heavy atom. The third-order valence-electron chi connectivity index (χ3n) is 3.04. The first-order chi connectivity index (χ1) is 9.02. The Labute approximate surface area is 115 Å². The molecule has 0 saturated carbocycles. The summed E-state index contributed by atoms with van der Waals surface area (Å²) in [5.41, 5.74) is 6.79. The fourth-order valence-corrected chi connectivity index (χ4v) is 1.84. The van der Waals surface area contributed by atoms with Crippen LogP contribution in [0, 0.1) is 5.82 Å². The van der Waals surface area contributed by atoms with Gasteiger partial charge in [-0.2, -0.15) is 0 Å². The van der Waals surface area contributed by atoms with Crippen LogP contribution in [0.2, 0.25) is 0 Å². The highest BCUT2D eigenvalue weighted by molar-refractivity contribution is 5.34. The van der Waals surface area contributed by atoms with Gasteiger partial charge in [0, 0.05) is 12.6 Å². The summed E-state index contributed by atoms with van der Waals surface area (Å²) in [6.45, 7) is 3.64. The first kappa shape index (κ1) is 15.9. The summed E-state index contributed by atoms with van der Waals surface area (Å²) in [4.78, 5) is 2.11. The zero-order valence-corrected chi connectivity index (χ0v) is 12.2. The molecule has 0 fully saturated rings. The third kappa shape index (κ3) is 6.03. The summed E-state index contributed by atoms with van der Waals surface area (Å²) < 4.78 is 19.0. The molecule has 0 radical (unpaired) electrons. The molecule has 1 aromatic carbocycles. The van der Waals surface area contributed by atoms with Gasteiger partial charge in [0.15, 0.2) is 0 Å². The van der Waals surface area contributed by atoms with E-state index in [1.165, 1.54) is 12.1 Å².